The van der Waals surface area contributed by atoms with Crippen LogP contribution in [0.25, 0.3) is 0 Å². The summed E-state index contributed by atoms with van der Waals surface area (Å²) in [6.07, 6.45) is 6.76. The van der Waals surface area contributed by atoms with E-state index in [2.05, 4.69) is 11.9 Å². The minimum Gasteiger partial charge on any atom is -0.476 e. The monoisotopic (exact) mass is 241 g/mol. The second-order valence-corrected chi connectivity index (χ2v) is 4.08. The molecule has 0 fully saturated rings. The molecule has 0 saturated carbocycles. The summed E-state index contributed by atoms with van der Waals surface area (Å²) in [5.74, 6) is -1.11. The van der Waals surface area contributed by atoms with E-state index in [4.69, 9.17) is 14.3 Å². The van der Waals surface area contributed by atoms with E-state index in [9.17, 15) is 4.79 Å². The number of ether oxygens (including phenoxy) is 1. The lowest BCUT2D eigenvalue weighted by Gasteiger charge is -2.10. The lowest BCUT2D eigenvalue weighted by molar-refractivity contribution is 0.0689. The van der Waals surface area contributed by atoms with Gasteiger partial charge in [0.1, 0.15) is 12.4 Å². The Morgan fingerprint density at radius 1 is 1.53 bits per heavy atom. The highest BCUT2D eigenvalue weighted by Gasteiger charge is 2.13. The first-order valence-electron chi connectivity index (χ1n) is 5.99. The topological polar surface area (TPSA) is 72.6 Å². The Bertz CT molecular complexity index is 348. The van der Waals surface area contributed by atoms with Gasteiger partial charge in [-0.1, -0.05) is 26.2 Å². The van der Waals surface area contributed by atoms with Crippen molar-refractivity contribution in [3.63, 3.8) is 0 Å². The maximum absolute atomic E-state index is 10.6. The minimum absolute atomic E-state index is 0.00727. The molecule has 1 aromatic rings. The van der Waals surface area contributed by atoms with Gasteiger partial charge in [-0.25, -0.2) is 4.79 Å². The Kier molecular flexibility index (Phi) is 5.52. The fourth-order valence-electron chi connectivity index (χ4n) is 1.50. The van der Waals surface area contributed by atoms with Gasteiger partial charge in [0.2, 0.25) is 0 Å². The molecule has 0 amide bonds. The third-order valence-electron chi connectivity index (χ3n) is 2.47. The van der Waals surface area contributed by atoms with Crippen LogP contribution < -0.4 is 4.74 Å². The average Bonchev–Trinajstić information content (AvgIpc) is 2.73. The van der Waals surface area contributed by atoms with Crippen molar-refractivity contribution in [3.8, 4) is 6.08 Å². The summed E-state index contributed by atoms with van der Waals surface area (Å²) in [5.41, 5.74) is -0.127. The minimum atomic E-state index is -1.11. The quantitative estimate of drug-likeness (QED) is 0.708. The molecular formula is C12H19NO4. The standard InChI is InChI=1S/C12H19NO4/c1-3-4-5-6-7-9(2)17-12-13-10(8-16-12)11(14)15/h8-9H,3-7H2,1-2H3,(H,14,15). The summed E-state index contributed by atoms with van der Waals surface area (Å²) in [7, 11) is 0. The van der Waals surface area contributed by atoms with E-state index < -0.39 is 5.97 Å². The SMILES string of the molecule is CCCCCCC(C)Oc1nc(C(=O)O)co1. The highest BCUT2D eigenvalue weighted by molar-refractivity contribution is 5.84. The van der Waals surface area contributed by atoms with Crippen molar-refractivity contribution >= 4 is 5.97 Å². The van der Waals surface area contributed by atoms with Gasteiger partial charge in [-0.15, -0.1) is 0 Å². The first kappa shape index (κ1) is 13.5. The van der Waals surface area contributed by atoms with E-state index in [1.807, 2.05) is 6.92 Å². The highest BCUT2D eigenvalue weighted by Crippen LogP contribution is 2.15. The number of rotatable bonds is 8. The molecule has 0 aliphatic rings. The maximum atomic E-state index is 10.6. The molecule has 1 unspecified atom stereocenters. The number of carbonyl (C=O) groups is 1. The molecule has 0 aromatic carbocycles. The van der Waals surface area contributed by atoms with E-state index >= 15 is 0 Å². The Hall–Kier alpha value is -1.52. The van der Waals surface area contributed by atoms with Crippen LogP contribution in [0.4, 0.5) is 0 Å². The number of aromatic nitrogens is 1. The summed E-state index contributed by atoms with van der Waals surface area (Å²) >= 11 is 0. The fraction of sp³-hybridized carbons (Fsp3) is 0.667. The molecule has 0 saturated heterocycles. The molecule has 0 aliphatic heterocycles. The first-order chi connectivity index (χ1) is 8.13. The van der Waals surface area contributed by atoms with Gasteiger partial charge < -0.3 is 14.3 Å². The summed E-state index contributed by atoms with van der Waals surface area (Å²) < 4.78 is 10.3. The van der Waals surface area contributed by atoms with Gasteiger partial charge in [0.15, 0.2) is 5.69 Å². The molecule has 0 bridgehead atoms. The van der Waals surface area contributed by atoms with Crippen LogP contribution in [0.5, 0.6) is 6.08 Å². The Balaban J connectivity index is 2.29. The molecule has 5 nitrogen and oxygen atoms in total. The zero-order valence-electron chi connectivity index (χ0n) is 10.3. The van der Waals surface area contributed by atoms with Gasteiger partial charge >= 0.3 is 12.0 Å². The van der Waals surface area contributed by atoms with E-state index in [1.165, 1.54) is 19.3 Å². The molecule has 96 valence electrons. The second kappa shape index (κ2) is 6.93. The van der Waals surface area contributed by atoms with Crippen molar-refractivity contribution in [2.75, 3.05) is 0 Å². The Morgan fingerprint density at radius 3 is 2.88 bits per heavy atom. The number of hydrogen-bond acceptors (Lipinski definition) is 4. The Labute approximate surface area is 101 Å². The Morgan fingerprint density at radius 2 is 2.29 bits per heavy atom. The highest BCUT2D eigenvalue weighted by atomic mass is 16.6. The zero-order valence-corrected chi connectivity index (χ0v) is 10.3. The number of oxazole rings is 1. The number of carboxylic acids is 1. The van der Waals surface area contributed by atoms with E-state index in [0.29, 0.717) is 0 Å². The third kappa shape index (κ3) is 4.89. The molecule has 17 heavy (non-hydrogen) atoms. The molecule has 0 spiro atoms. The lowest BCUT2D eigenvalue weighted by Crippen LogP contribution is -2.11. The number of aromatic carboxylic acids is 1. The van der Waals surface area contributed by atoms with Crippen molar-refractivity contribution in [1.29, 1.82) is 0 Å². The van der Waals surface area contributed by atoms with Crippen LogP contribution in [0.1, 0.15) is 56.4 Å². The molecule has 1 N–H and O–H groups in total. The molecule has 1 aromatic heterocycles. The van der Waals surface area contributed by atoms with Crippen molar-refractivity contribution in [2.24, 2.45) is 0 Å². The molecule has 5 heteroatoms. The van der Waals surface area contributed by atoms with Gasteiger partial charge in [-0.05, 0) is 19.8 Å². The predicted octanol–water partition coefficient (Wildman–Crippen LogP) is 3.11. The van der Waals surface area contributed by atoms with Crippen molar-refractivity contribution < 1.29 is 19.1 Å². The van der Waals surface area contributed by atoms with Crippen LogP contribution in [0.2, 0.25) is 0 Å². The van der Waals surface area contributed by atoms with Crippen LogP contribution in [-0.4, -0.2) is 22.2 Å². The van der Waals surface area contributed by atoms with Crippen LogP contribution >= 0.6 is 0 Å². The molecule has 0 radical (unpaired) electrons. The average molecular weight is 241 g/mol. The van der Waals surface area contributed by atoms with Crippen molar-refractivity contribution in [1.82, 2.24) is 4.98 Å². The molecule has 1 heterocycles. The number of unbranched alkanes of at least 4 members (excludes halogenated alkanes) is 3. The molecule has 1 rings (SSSR count). The first-order valence-corrected chi connectivity index (χ1v) is 5.99. The summed E-state index contributed by atoms with van der Waals surface area (Å²) in [6, 6.07) is 0. The van der Waals surface area contributed by atoms with Gasteiger partial charge in [0.25, 0.3) is 0 Å². The largest absolute Gasteiger partial charge is 0.476 e. The van der Waals surface area contributed by atoms with Gasteiger partial charge in [0.05, 0.1) is 0 Å². The number of hydrogen-bond donors (Lipinski definition) is 1. The molecule has 0 aliphatic carbocycles. The zero-order chi connectivity index (χ0) is 12.7. The van der Waals surface area contributed by atoms with Crippen molar-refractivity contribution in [3.05, 3.63) is 12.0 Å². The van der Waals surface area contributed by atoms with Crippen molar-refractivity contribution in [2.45, 2.75) is 52.1 Å². The van der Waals surface area contributed by atoms with E-state index in [0.717, 1.165) is 19.1 Å². The van der Waals surface area contributed by atoms with E-state index in [1.54, 1.807) is 0 Å². The predicted molar refractivity (Wildman–Crippen MR) is 62.3 cm³/mol. The maximum Gasteiger partial charge on any atom is 0.394 e. The third-order valence-corrected chi connectivity index (χ3v) is 2.47. The van der Waals surface area contributed by atoms with Gasteiger partial charge in [0, 0.05) is 0 Å². The summed E-state index contributed by atoms with van der Waals surface area (Å²) in [5, 5.41) is 8.65. The summed E-state index contributed by atoms with van der Waals surface area (Å²) in [4.78, 5) is 14.3. The van der Waals surface area contributed by atoms with Crippen LogP contribution in [0.3, 0.4) is 0 Å². The van der Waals surface area contributed by atoms with Crippen LogP contribution in [0, 0.1) is 0 Å². The lowest BCUT2D eigenvalue weighted by atomic mass is 10.1. The fourth-order valence-corrected chi connectivity index (χ4v) is 1.50. The van der Waals surface area contributed by atoms with E-state index in [-0.39, 0.29) is 17.9 Å². The van der Waals surface area contributed by atoms with Gasteiger partial charge in [-0.2, -0.15) is 4.98 Å². The second-order valence-electron chi connectivity index (χ2n) is 4.08. The van der Waals surface area contributed by atoms with Crippen LogP contribution in [-0.2, 0) is 0 Å². The summed E-state index contributed by atoms with van der Waals surface area (Å²) in [6.45, 7) is 4.09. The normalized spacial score (nSPS) is 12.4. The molecule has 1 atom stereocenters. The van der Waals surface area contributed by atoms with Crippen LogP contribution in [0.15, 0.2) is 10.7 Å². The number of carboxylic acid groups (broad SMARTS) is 1. The van der Waals surface area contributed by atoms with Gasteiger partial charge in [-0.3, -0.25) is 0 Å². The smallest absolute Gasteiger partial charge is 0.394 e. The molecular weight excluding hydrogens is 222 g/mol. The number of nitrogens with zero attached hydrogens (tertiary/aromatic N) is 1.